The SMILES string of the molecule is O=C1NCN(c2ccccc2)C12CCN(CC1COc3ccc4ncccc4c3O1)CC2. The lowest BCUT2D eigenvalue weighted by Gasteiger charge is -2.44. The van der Waals surface area contributed by atoms with Crippen LogP contribution in [0.25, 0.3) is 10.9 Å². The molecule has 1 amide bonds. The third kappa shape index (κ3) is 3.15. The van der Waals surface area contributed by atoms with Crippen LogP contribution in [0.5, 0.6) is 11.5 Å². The Labute approximate surface area is 186 Å². The first-order valence-electron chi connectivity index (χ1n) is 11.2. The molecule has 0 saturated carbocycles. The highest BCUT2D eigenvalue weighted by molar-refractivity contribution is 5.93. The first-order chi connectivity index (χ1) is 15.7. The van der Waals surface area contributed by atoms with Crippen molar-refractivity contribution in [3.05, 3.63) is 60.8 Å². The Balaban J connectivity index is 1.15. The largest absolute Gasteiger partial charge is 0.486 e. The van der Waals surface area contributed by atoms with Crippen molar-refractivity contribution >= 4 is 22.5 Å². The molecule has 3 aliphatic rings. The van der Waals surface area contributed by atoms with Crippen LogP contribution in [-0.4, -0.2) is 60.3 Å². The number of nitrogens with zero attached hydrogens (tertiary/aromatic N) is 3. The van der Waals surface area contributed by atoms with Gasteiger partial charge in [-0.3, -0.25) is 14.7 Å². The summed E-state index contributed by atoms with van der Waals surface area (Å²) >= 11 is 0. The minimum absolute atomic E-state index is 0.0509. The van der Waals surface area contributed by atoms with E-state index in [1.165, 1.54) is 0 Å². The van der Waals surface area contributed by atoms with E-state index in [1.54, 1.807) is 6.20 Å². The van der Waals surface area contributed by atoms with E-state index in [4.69, 9.17) is 9.47 Å². The summed E-state index contributed by atoms with van der Waals surface area (Å²) in [6.45, 7) is 3.57. The van der Waals surface area contributed by atoms with E-state index in [0.717, 1.165) is 60.6 Å². The highest BCUT2D eigenvalue weighted by Gasteiger charge is 2.50. The minimum Gasteiger partial charge on any atom is -0.486 e. The molecule has 4 heterocycles. The summed E-state index contributed by atoms with van der Waals surface area (Å²) in [4.78, 5) is 21.9. The summed E-state index contributed by atoms with van der Waals surface area (Å²) in [5.41, 5.74) is 1.54. The maximum atomic E-state index is 12.9. The Morgan fingerprint density at radius 3 is 2.75 bits per heavy atom. The van der Waals surface area contributed by atoms with Crippen molar-refractivity contribution in [2.45, 2.75) is 24.5 Å². The zero-order valence-corrected chi connectivity index (χ0v) is 17.9. The van der Waals surface area contributed by atoms with Gasteiger partial charge in [-0.05, 0) is 49.2 Å². The molecular weight excluding hydrogens is 404 g/mol. The third-order valence-corrected chi connectivity index (χ3v) is 6.96. The number of likely N-dealkylation sites (tertiary alicyclic amines) is 1. The Hall–Kier alpha value is -3.32. The number of amides is 1. The highest BCUT2D eigenvalue weighted by atomic mass is 16.6. The molecule has 1 N–H and O–H groups in total. The molecule has 164 valence electrons. The lowest BCUT2D eigenvalue weighted by molar-refractivity contribution is -0.125. The number of carbonyl (C=O) groups is 1. The van der Waals surface area contributed by atoms with Gasteiger partial charge in [0.25, 0.3) is 0 Å². The van der Waals surface area contributed by atoms with Gasteiger partial charge in [0.2, 0.25) is 5.91 Å². The summed E-state index contributed by atoms with van der Waals surface area (Å²) in [6.07, 6.45) is 3.33. The van der Waals surface area contributed by atoms with Crippen LogP contribution in [0.3, 0.4) is 0 Å². The van der Waals surface area contributed by atoms with Gasteiger partial charge in [-0.15, -0.1) is 0 Å². The first-order valence-corrected chi connectivity index (χ1v) is 11.2. The van der Waals surface area contributed by atoms with Gasteiger partial charge < -0.3 is 19.7 Å². The van der Waals surface area contributed by atoms with Crippen molar-refractivity contribution in [1.82, 2.24) is 15.2 Å². The maximum absolute atomic E-state index is 12.9. The normalized spacial score (nSPS) is 22.3. The monoisotopic (exact) mass is 430 g/mol. The van der Waals surface area contributed by atoms with Crippen LogP contribution in [0, 0.1) is 0 Å². The van der Waals surface area contributed by atoms with Crippen LogP contribution in [0.15, 0.2) is 60.8 Å². The number of hydrogen-bond acceptors (Lipinski definition) is 6. The number of carbonyl (C=O) groups excluding carboxylic acids is 1. The van der Waals surface area contributed by atoms with Crippen LogP contribution in [0.1, 0.15) is 12.8 Å². The topological polar surface area (TPSA) is 66.9 Å². The standard InChI is InChI=1S/C25H26N4O3/c30-24-25(29(17-27-24)18-5-2-1-3-6-18)10-13-28(14-11-25)15-19-16-31-22-9-8-21-20(23(22)32-19)7-4-12-26-21/h1-9,12,19H,10-11,13-17H2,(H,27,30). The number of anilines is 1. The molecule has 7 nitrogen and oxygen atoms in total. The number of piperidine rings is 1. The number of para-hydroxylation sites is 1. The number of nitrogens with one attached hydrogen (secondary N) is 1. The lowest BCUT2D eigenvalue weighted by atomic mass is 9.85. The molecule has 32 heavy (non-hydrogen) atoms. The van der Waals surface area contributed by atoms with E-state index in [1.807, 2.05) is 42.5 Å². The number of ether oxygens (including phenoxy) is 2. The summed E-state index contributed by atoms with van der Waals surface area (Å²) in [7, 11) is 0. The third-order valence-electron chi connectivity index (χ3n) is 6.96. The van der Waals surface area contributed by atoms with Crippen molar-refractivity contribution < 1.29 is 14.3 Å². The Morgan fingerprint density at radius 2 is 1.91 bits per heavy atom. The van der Waals surface area contributed by atoms with E-state index in [2.05, 4.69) is 32.2 Å². The molecule has 2 aromatic carbocycles. The molecule has 0 aliphatic carbocycles. The summed E-state index contributed by atoms with van der Waals surface area (Å²) < 4.78 is 12.4. The highest BCUT2D eigenvalue weighted by Crippen LogP contribution is 2.39. The van der Waals surface area contributed by atoms with Crippen molar-refractivity contribution in [3.63, 3.8) is 0 Å². The number of aromatic nitrogens is 1. The number of fused-ring (bicyclic) bond motifs is 3. The molecule has 7 heteroatoms. The van der Waals surface area contributed by atoms with Crippen molar-refractivity contribution in [2.24, 2.45) is 0 Å². The van der Waals surface area contributed by atoms with Crippen molar-refractivity contribution in [1.29, 1.82) is 0 Å². The van der Waals surface area contributed by atoms with E-state index >= 15 is 0 Å². The Morgan fingerprint density at radius 1 is 1.06 bits per heavy atom. The Bertz CT molecular complexity index is 1140. The second-order valence-corrected chi connectivity index (χ2v) is 8.77. The number of pyridine rings is 1. The summed E-state index contributed by atoms with van der Waals surface area (Å²) in [5, 5.41) is 4.05. The molecule has 1 atom stereocenters. The molecule has 3 aliphatic heterocycles. The number of benzene rings is 2. The van der Waals surface area contributed by atoms with E-state index in [-0.39, 0.29) is 12.0 Å². The quantitative estimate of drug-likeness (QED) is 0.689. The van der Waals surface area contributed by atoms with Crippen LogP contribution >= 0.6 is 0 Å². The molecule has 2 fully saturated rings. The average molecular weight is 431 g/mol. The van der Waals surface area contributed by atoms with Gasteiger partial charge in [0, 0.05) is 36.9 Å². The minimum atomic E-state index is -0.462. The second-order valence-electron chi connectivity index (χ2n) is 8.77. The maximum Gasteiger partial charge on any atom is 0.247 e. The second kappa shape index (κ2) is 7.67. The van der Waals surface area contributed by atoms with Crippen LogP contribution in [-0.2, 0) is 4.79 Å². The van der Waals surface area contributed by atoms with Gasteiger partial charge in [0.15, 0.2) is 11.5 Å². The van der Waals surface area contributed by atoms with E-state index in [0.29, 0.717) is 13.3 Å². The van der Waals surface area contributed by atoms with Gasteiger partial charge in [-0.25, -0.2) is 0 Å². The molecule has 0 radical (unpaired) electrons. The van der Waals surface area contributed by atoms with Gasteiger partial charge >= 0.3 is 0 Å². The van der Waals surface area contributed by atoms with Crippen LogP contribution in [0.2, 0.25) is 0 Å². The van der Waals surface area contributed by atoms with Crippen LogP contribution < -0.4 is 19.7 Å². The van der Waals surface area contributed by atoms with E-state index in [9.17, 15) is 4.79 Å². The Kier molecular flexibility index (Phi) is 4.64. The van der Waals surface area contributed by atoms with Crippen molar-refractivity contribution in [2.75, 3.05) is 37.8 Å². The average Bonchev–Trinajstić information content (AvgIpc) is 3.16. The smallest absolute Gasteiger partial charge is 0.247 e. The van der Waals surface area contributed by atoms with Gasteiger partial charge in [-0.2, -0.15) is 0 Å². The summed E-state index contributed by atoms with van der Waals surface area (Å²) in [5.74, 6) is 1.71. The predicted octanol–water partition coefficient (Wildman–Crippen LogP) is 2.80. The molecular formula is C25H26N4O3. The van der Waals surface area contributed by atoms with Crippen molar-refractivity contribution in [3.8, 4) is 11.5 Å². The van der Waals surface area contributed by atoms with Gasteiger partial charge in [0.05, 0.1) is 12.2 Å². The van der Waals surface area contributed by atoms with Gasteiger partial charge in [0.1, 0.15) is 18.2 Å². The fraction of sp³-hybridized carbons (Fsp3) is 0.360. The van der Waals surface area contributed by atoms with E-state index < -0.39 is 5.54 Å². The molecule has 1 unspecified atom stereocenters. The predicted molar refractivity (Wildman–Crippen MR) is 122 cm³/mol. The zero-order chi connectivity index (χ0) is 21.5. The first kappa shape index (κ1) is 19.4. The molecule has 1 spiro atoms. The molecule has 2 saturated heterocycles. The number of rotatable bonds is 3. The molecule has 0 bridgehead atoms. The molecule has 3 aromatic rings. The fourth-order valence-corrected chi connectivity index (χ4v) is 5.24. The lowest BCUT2D eigenvalue weighted by Crippen LogP contribution is -2.57. The molecule has 1 aromatic heterocycles. The fourth-order valence-electron chi connectivity index (χ4n) is 5.24. The zero-order valence-electron chi connectivity index (χ0n) is 17.9. The van der Waals surface area contributed by atoms with Gasteiger partial charge in [-0.1, -0.05) is 18.2 Å². The number of hydrogen-bond donors (Lipinski definition) is 1. The molecule has 6 rings (SSSR count). The van der Waals surface area contributed by atoms with Crippen LogP contribution in [0.4, 0.5) is 5.69 Å². The summed E-state index contributed by atoms with van der Waals surface area (Å²) in [6, 6.07) is 18.1.